The summed E-state index contributed by atoms with van der Waals surface area (Å²) in [5.74, 6) is -0.440. The summed E-state index contributed by atoms with van der Waals surface area (Å²) in [5, 5.41) is 2.48. The fourth-order valence-corrected chi connectivity index (χ4v) is 0.710. The Morgan fingerprint density at radius 3 is 2.67 bits per heavy atom. The SMILES string of the molecule is [CH2]C(=O)N1CCNC1=O. The molecule has 1 radical (unpaired) electrons. The van der Waals surface area contributed by atoms with E-state index in [4.69, 9.17) is 0 Å². The van der Waals surface area contributed by atoms with E-state index in [1.54, 1.807) is 0 Å². The average Bonchev–Trinajstić information content (AvgIpc) is 2.13. The molecule has 0 atom stereocenters. The van der Waals surface area contributed by atoms with E-state index in [9.17, 15) is 9.59 Å². The van der Waals surface area contributed by atoms with Gasteiger partial charge in [-0.15, -0.1) is 0 Å². The van der Waals surface area contributed by atoms with Crippen molar-refractivity contribution in [3.05, 3.63) is 6.92 Å². The normalized spacial score (nSPS) is 17.9. The van der Waals surface area contributed by atoms with Gasteiger partial charge in [0.2, 0.25) is 5.91 Å². The monoisotopic (exact) mass is 127 g/mol. The zero-order valence-electron chi connectivity index (χ0n) is 4.89. The molecule has 0 spiro atoms. The van der Waals surface area contributed by atoms with Gasteiger partial charge < -0.3 is 5.32 Å². The van der Waals surface area contributed by atoms with Crippen LogP contribution in [0.4, 0.5) is 4.79 Å². The van der Waals surface area contributed by atoms with Gasteiger partial charge in [0, 0.05) is 20.0 Å². The van der Waals surface area contributed by atoms with Crippen LogP contribution in [0.1, 0.15) is 0 Å². The van der Waals surface area contributed by atoms with Crippen LogP contribution in [-0.2, 0) is 4.79 Å². The van der Waals surface area contributed by atoms with Gasteiger partial charge in [-0.25, -0.2) is 4.79 Å². The number of nitrogens with zero attached hydrogens (tertiary/aromatic N) is 1. The van der Waals surface area contributed by atoms with Crippen LogP contribution in [0.15, 0.2) is 0 Å². The first-order valence-corrected chi connectivity index (χ1v) is 2.63. The highest BCUT2D eigenvalue weighted by Crippen LogP contribution is 1.94. The third kappa shape index (κ3) is 1.01. The second-order valence-corrected chi connectivity index (χ2v) is 1.78. The minimum absolute atomic E-state index is 0.338. The Balaban J connectivity index is 2.60. The van der Waals surface area contributed by atoms with E-state index in [0.29, 0.717) is 13.1 Å². The topological polar surface area (TPSA) is 49.4 Å². The van der Waals surface area contributed by atoms with Crippen molar-refractivity contribution in [3.8, 4) is 0 Å². The highest BCUT2D eigenvalue weighted by Gasteiger charge is 2.22. The number of amides is 3. The maximum atomic E-state index is 10.6. The predicted molar refractivity (Wildman–Crippen MR) is 30.5 cm³/mol. The standard InChI is InChI=1S/C5H7N2O2/c1-4(8)7-3-2-6-5(7)9/h1-3H2,(H,6,9). The minimum atomic E-state index is -0.440. The highest BCUT2D eigenvalue weighted by molar-refractivity contribution is 5.97. The molecule has 0 aromatic carbocycles. The lowest BCUT2D eigenvalue weighted by Gasteiger charge is -2.06. The van der Waals surface area contributed by atoms with Gasteiger partial charge in [-0.3, -0.25) is 9.69 Å². The molecule has 1 aliphatic heterocycles. The third-order valence-corrected chi connectivity index (χ3v) is 1.16. The van der Waals surface area contributed by atoms with Gasteiger partial charge in [0.25, 0.3) is 0 Å². The third-order valence-electron chi connectivity index (χ3n) is 1.16. The van der Waals surface area contributed by atoms with Crippen LogP contribution in [0.3, 0.4) is 0 Å². The summed E-state index contributed by atoms with van der Waals surface area (Å²) in [5.41, 5.74) is 0. The fraction of sp³-hybridized carbons (Fsp3) is 0.400. The second-order valence-electron chi connectivity index (χ2n) is 1.78. The van der Waals surface area contributed by atoms with Gasteiger partial charge in [-0.1, -0.05) is 0 Å². The Kier molecular flexibility index (Phi) is 1.38. The number of hydrogen-bond acceptors (Lipinski definition) is 2. The lowest BCUT2D eigenvalue weighted by atomic mass is 10.5. The van der Waals surface area contributed by atoms with E-state index in [-0.39, 0.29) is 6.03 Å². The molecule has 4 heteroatoms. The molecular weight excluding hydrogens is 120 g/mol. The maximum absolute atomic E-state index is 10.6. The van der Waals surface area contributed by atoms with Crippen LogP contribution in [-0.4, -0.2) is 29.9 Å². The van der Waals surface area contributed by atoms with Crippen LogP contribution in [0.25, 0.3) is 0 Å². The molecule has 0 unspecified atom stereocenters. The summed E-state index contributed by atoms with van der Waals surface area (Å²) in [6, 6.07) is -0.338. The Morgan fingerprint density at radius 2 is 2.44 bits per heavy atom. The fourth-order valence-electron chi connectivity index (χ4n) is 0.710. The van der Waals surface area contributed by atoms with Gasteiger partial charge in [-0.05, 0) is 0 Å². The number of nitrogens with one attached hydrogen (secondary N) is 1. The van der Waals surface area contributed by atoms with Crippen molar-refractivity contribution >= 4 is 11.9 Å². The molecular formula is C5H7N2O2. The molecule has 4 nitrogen and oxygen atoms in total. The van der Waals surface area contributed by atoms with E-state index in [0.717, 1.165) is 4.90 Å². The molecule has 3 amide bonds. The molecule has 1 rings (SSSR count). The van der Waals surface area contributed by atoms with Crippen molar-refractivity contribution in [2.24, 2.45) is 0 Å². The van der Waals surface area contributed by atoms with Crippen molar-refractivity contribution in [2.75, 3.05) is 13.1 Å². The molecule has 1 heterocycles. The molecule has 1 aliphatic rings. The number of hydrogen-bond donors (Lipinski definition) is 1. The highest BCUT2D eigenvalue weighted by atomic mass is 16.2. The zero-order valence-corrected chi connectivity index (χ0v) is 4.89. The molecule has 0 aromatic rings. The molecule has 0 saturated carbocycles. The average molecular weight is 127 g/mol. The van der Waals surface area contributed by atoms with Crippen molar-refractivity contribution in [3.63, 3.8) is 0 Å². The molecule has 1 fully saturated rings. The van der Waals surface area contributed by atoms with Gasteiger partial charge in [-0.2, -0.15) is 0 Å². The minimum Gasteiger partial charge on any atom is -0.336 e. The van der Waals surface area contributed by atoms with Crippen molar-refractivity contribution in [1.82, 2.24) is 10.2 Å². The van der Waals surface area contributed by atoms with E-state index in [1.807, 2.05) is 0 Å². The molecule has 0 aliphatic carbocycles. The molecule has 0 aromatic heterocycles. The number of rotatable bonds is 0. The van der Waals surface area contributed by atoms with E-state index >= 15 is 0 Å². The lowest BCUT2D eigenvalue weighted by molar-refractivity contribution is -0.122. The van der Waals surface area contributed by atoms with Crippen molar-refractivity contribution in [2.45, 2.75) is 0 Å². The summed E-state index contributed by atoms with van der Waals surface area (Å²) >= 11 is 0. The van der Waals surface area contributed by atoms with Crippen LogP contribution in [0.5, 0.6) is 0 Å². The van der Waals surface area contributed by atoms with Crippen molar-refractivity contribution < 1.29 is 9.59 Å². The summed E-state index contributed by atoms with van der Waals surface area (Å²) in [6.45, 7) is 4.08. The summed E-state index contributed by atoms with van der Waals surface area (Å²) in [6.07, 6.45) is 0. The first kappa shape index (κ1) is 6.07. The Hall–Kier alpha value is -1.06. The van der Waals surface area contributed by atoms with Gasteiger partial charge in [0.15, 0.2) is 0 Å². The Bertz CT molecular complexity index is 155. The maximum Gasteiger partial charge on any atom is 0.324 e. The molecule has 1 N–H and O–H groups in total. The predicted octanol–water partition coefficient (Wildman–Crippen LogP) is -0.628. The number of urea groups is 1. The van der Waals surface area contributed by atoms with Crippen LogP contribution in [0.2, 0.25) is 0 Å². The van der Waals surface area contributed by atoms with Crippen LogP contribution >= 0.6 is 0 Å². The largest absolute Gasteiger partial charge is 0.336 e. The van der Waals surface area contributed by atoms with E-state index < -0.39 is 5.91 Å². The molecule has 9 heavy (non-hydrogen) atoms. The number of imide groups is 1. The number of carbonyl (C=O) groups is 2. The smallest absolute Gasteiger partial charge is 0.324 e. The van der Waals surface area contributed by atoms with Crippen LogP contribution in [0, 0.1) is 6.92 Å². The van der Waals surface area contributed by atoms with E-state index in [1.165, 1.54) is 0 Å². The molecule has 49 valence electrons. The number of carbonyl (C=O) groups excluding carboxylic acids is 2. The van der Waals surface area contributed by atoms with Crippen LogP contribution < -0.4 is 5.32 Å². The van der Waals surface area contributed by atoms with Gasteiger partial charge in [0.1, 0.15) is 0 Å². The summed E-state index contributed by atoms with van der Waals surface area (Å²) in [4.78, 5) is 22.0. The first-order chi connectivity index (χ1) is 4.22. The zero-order chi connectivity index (χ0) is 6.85. The van der Waals surface area contributed by atoms with Gasteiger partial charge in [0.05, 0.1) is 0 Å². The lowest BCUT2D eigenvalue weighted by Crippen LogP contribution is -2.32. The van der Waals surface area contributed by atoms with Gasteiger partial charge >= 0.3 is 6.03 Å². The molecule has 0 bridgehead atoms. The quantitative estimate of drug-likeness (QED) is 0.471. The molecule has 1 saturated heterocycles. The Morgan fingerprint density at radius 1 is 1.78 bits per heavy atom. The van der Waals surface area contributed by atoms with Crippen molar-refractivity contribution in [1.29, 1.82) is 0 Å². The second kappa shape index (κ2) is 2.05. The van der Waals surface area contributed by atoms with E-state index in [2.05, 4.69) is 12.2 Å². The summed E-state index contributed by atoms with van der Waals surface area (Å²) < 4.78 is 0. The summed E-state index contributed by atoms with van der Waals surface area (Å²) in [7, 11) is 0. The first-order valence-electron chi connectivity index (χ1n) is 2.63. The Labute approximate surface area is 52.8 Å².